The average Bonchev–Trinajstić information content (AvgIpc) is 3.25. The Hall–Kier alpha value is -2.15. The second kappa shape index (κ2) is 6.05. The molecule has 1 atom stereocenters. The van der Waals surface area contributed by atoms with Crippen LogP contribution in [0.4, 0.5) is 0 Å². The minimum absolute atomic E-state index is 0.172. The van der Waals surface area contributed by atoms with E-state index < -0.39 is 5.60 Å². The summed E-state index contributed by atoms with van der Waals surface area (Å²) in [6.45, 7) is 8.69. The monoisotopic (exact) mass is 332 g/mol. The number of rotatable bonds is 4. The first-order valence-corrected chi connectivity index (χ1v) is 8.33. The van der Waals surface area contributed by atoms with E-state index in [1.165, 1.54) is 0 Å². The molecule has 0 unspecified atom stereocenters. The molecule has 0 saturated carbocycles. The fourth-order valence-corrected chi connectivity index (χ4v) is 3.01. The van der Waals surface area contributed by atoms with Crippen molar-refractivity contribution in [1.29, 1.82) is 0 Å². The number of carbonyl (C=O) groups is 1. The molecule has 130 valence electrons. The molecule has 7 nitrogen and oxygen atoms in total. The summed E-state index contributed by atoms with van der Waals surface area (Å²) in [4.78, 5) is 14.4. The summed E-state index contributed by atoms with van der Waals surface area (Å²) < 4.78 is 7.11. The molecule has 1 amide bonds. The largest absolute Gasteiger partial charge is 0.459 e. The van der Waals surface area contributed by atoms with E-state index >= 15 is 0 Å². The van der Waals surface area contributed by atoms with E-state index in [4.69, 9.17) is 4.42 Å². The van der Waals surface area contributed by atoms with Crippen LogP contribution in [0.5, 0.6) is 0 Å². The molecule has 2 aromatic rings. The molecule has 1 saturated heterocycles. The Labute approximate surface area is 141 Å². The number of carbonyl (C=O) groups excluding carboxylic acids is 1. The van der Waals surface area contributed by atoms with Gasteiger partial charge < -0.3 is 14.4 Å². The molecule has 24 heavy (non-hydrogen) atoms. The number of likely N-dealkylation sites (tertiary alicyclic amines) is 1. The lowest BCUT2D eigenvalue weighted by molar-refractivity contribution is 0.0372. The molecule has 1 aliphatic rings. The molecule has 3 rings (SSSR count). The molecule has 0 bridgehead atoms. The van der Waals surface area contributed by atoms with Gasteiger partial charge in [0.1, 0.15) is 11.3 Å². The average molecular weight is 332 g/mol. The van der Waals surface area contributed by atoms with Crippen molar-refractivity contribution >= 4 is 5.91 Å². The quantitative estimate of drug-likeness (QED) is 0.929. The zero-order chi connectivity index (χ0) is 17.5. The molecular formula is C17H24N4O3. The zero-order valence-corrected chi connectivity index (χ0v) is 14.6. The van der Waals surface area contributed by atoms with Gasteiger partial charge in [0.2, 0.25) is 0 Å². The molecule has 0 radical (unpaired) electrons. The van der Waals surface area contributed by atoms with Crippen LogP contribution < -0.4 is 0 Å². The Balaban J connectivity index is 1.78. The molecular weight excluding hydrogens is 308 g/mol. The molecule has 1 aliphatic heterocycles. The molecule has 3 heterocycles. The van der Waals surface area contributed by atoms with E-state index in [2.05, 4.69) is 10.3 Å². The maximum absolute atomic E-state index is 12.7. The third kappa shape index (κ3) is 2.84. The van der Waals surface area contributed by atoms with Crippen molar-refractivity contribution in [2.24, 2.45) is 0 Å². The second-order valence-corrected chi connectivity index (χ2v) is 7.05. The fraction of sp³-hybridized carbons (Fsp3) is 0.588. The van der Waals surface area contributed by atoms with Gasteiger partial charge in [-0.15, -0.1) is 5.10 Å². The smallest absolute Gasteiger partial charge is 0.289 e. The van der Waals surface area contributed by atoms with Gasteiger partial charge in [0, 0.05) is 24.6 Å². The predicted molar refractivity (Wildman–Crippen MR) is 87.6 cm³/mol. The summed E-state index contributed by atoms with van der Waals surface area (Å²) >= 11 is 0. The van der Waals surface area contributed by atoms with Crippen molar-refractivity contribution in [3.8, 4) is 0 Å². The Morgan fingerprint density at radius 3 is 2.75 bits per heavy atom. The fourth-order valence-electron chi connectivity index (χ4n) is 3.01. The van der Waals surface area contributed by atoms with Crippen LogP contribution in [0.2, 0.25) is 0 Å². The number of hydrogen-bond donors (Lipinski definition) is 1. The van der Waals surface area contributed by atoms with E-state index in [9.17, 15) is 9.90 Å². The van der Waals surface area contributed by atoms with Crippen LogP contribution in [0.25, 0.3) is 0 Å². The zero-order valence-electron chi connectivity index (χ0n) is 14.6. The van der Waals surface area contributed by atoms with Gasteiger partial charge in [-0.25, -0.2) is 4.68 Å². The topological polar surface area (TPSA) is 84.4 Å². The van der Waals surface area contributed by atoms with Crippen LogP contribution in [0.1, 0.15) is 67.9 Å². The summed E-state index contributed by atoms with van der Waals surface area (Å²) in [7, 11) is 0. The van der Waals surface area contributed by atoms with Gasteiger partial charge in [-0.2, -0.15) is 0 Å². The van der Waals surface area contributed by atoms with Gasteiger partial charge in [-0.3, -0.25) is 4.79 Å². The maximum atomic E-state index is 12.7. The summed E-state index contributed by atoms with van der Waals surface area (Å²) in [6, 6.07) is 2.00. The van der Waals surface area contributed by atoms with Gasteiger partial charge in [-0.1, -0.05) is 19.1 Å². The van der Waals surface area contributed by atoms with E-state index in [0.717, 1.165) is 5.56 Å². The van der Waals surface area contributed by atoms with Crippen molar-refractivity contribution in [3.63, 3.8) is 0 Å². The minimum atomic E-state index is -1.16. The Morgan fingerprint density at radius 1 is 1.38 bits per heavy atom. The molecule has 0 aromatic carbocycles. The Morgan fingerprint density at radius 2 is 2.12 bits per heavy atom. The van der Waals surface area contributed by atoms with Crippen molar-refractivity contribution in [1.82, 2.24) is 19.9 Å². The third-order valence-corrected chi connectivity index (χ3v) is 4.56. The van der Waals surface area contributed by atoms with Crippen LogP contribution >= 0.6 is 0 Å². The molecule has 1 fully saturated rings. The molecule has 0 aliphatic carbocycles. The highest BCUT2D eigenvalue weighted by molar-refractivity contribution is 5.93. The van der Waals surface area contributed by atoms with Crippen LogP contribution in [-0.4, -0.2) is 44.0 Å². The minimum Gasteiger partial charge on any atom is -0.459 e. The normalized spacial score (nSPS) is 21.2. The van der Waals surface area contributed by atoms with Gasteiger partial charge in [0.25, 0.3) is 5.91 Å². The van der Waals surface area contributed by atoms with E-state index in [-0.39, 0.29) is 24.4 Å². The van der Waals surface area contributed by atoms with Gasteiger partial charge in [-0.05, 0) is 25.8 Å². The first-order valence-electron chi connectivity index (χ1n) is 8.33. The van der Waals surface area contributed by atoms with E-state index in [1.54, 1.807) is 22.0 Å². The number of amides is 1. The summed E-state index contributed by atoms with van der Waals surface area (Å²) in [5.74, 6) is 0.381. The molecule has 1 N–H and O–H groups in total. The van der Waals surface area contributed by atoms with Crippen LogP contribution in [0, 0.1) is 0 Å². The highest BCUT2D eigenvalue weighted by atomic mass is 16.3. The van der Waals surface area contributed by atoms with Crippen molar-refractivity contribution in [2.45, 2.75) is 51.7 Å². The van der Waals surface area contributed by atoms with Crippen LogP contribution in [0.15, 0.2) is 22.9 Å². The number of β-amino-alcohol motifs (C(OH)–C–C–N with tert-alkyl or cyclic N) is 1. The van der Waals surface area contributed by atoms with Crippen LogP contribution in [0.3, 0.4) is 0 Å². The molecule has 7 heteroatoms. The lowest BCUT2D eigenvalue weighted by Gasteiger charge is -2.21. The van der Waals surface area contributed by atoms with Gasteiger partial charge in [0.15, 0.2) is 5.76 Å². The predicted octanol–water partition coefficient (Wildman–Crippen LogP) is 2.31. The first kappa shape index (κ1) is 16.7. The number of hydrogen-bond acceptors (Lipinski definition) is 5. The van der Waals surface area contributed by atoms with E-state index in [1.807, 2.05) is 33.8 Å². The highest BCUT2D eigenvalue weighted by Crippen LogP contribution is 2.32. The number of aliphatic hydroxyl groups is 1. The van der Waals surface area contributed by atoms with Crippen molar-refractivity contribution in [3.05, 3.63) is 35.5 Å². The lowest BCUT2D eigenvalue weighted by Crippen LogP contribution is -2.35. The van der Waals surface area contributed by atoms with Crippen LogP contribution in [-0.2, 0) is 5.60 Å². The highest BCUT2D eigenvalue weighted by Gasteiger charge is 2.43. The van der Waals surface area contributed by atoms with Gasteiger partial charge in [0.05, 0.1) is 19.0 Å². The van der Waals surface area contributed by atoms with Crippen molar-refractivity contribution in [2.75, 3.05) is 13.1 Å². The van der Waals surface area contributed by atoms with E-state index in [0.29, 0.717) is 24.4 Å². The summed E-state index contributed by atoms with van der Waals surface area (Å²) in [5, 5.41) is 19.1. The lowest BCUT2D eigenvalue weighted by atomic mass is 10.00. The SMILES string of the molecule is CC(C)c1ccoc1C(=O)N1CC[C@](O)(c2cn(C(C)C)nn2)C1. The standard InChI is InChI=1S/C17H24N4O3/c1-11(2)13-5-8-24-15(13)16(22)20-7-6-17(23,10-20)14-9-21(12(3)4)19-18-14/h5,8-9,11-12,23H,6-7,10H2,1-4H3/t17-/m1/s1. The summed E-state index contributed by atoms with van der Waals surface area (Å²) in [5.41, 5.74) is 0.240. The van der Waals surface area contributed by atoms with Gasteiger partial charge >= 0.3 is 0 Å². The molecule has 0 spiro atoms. The third-order valence-electron chi connectivity index (χ3n) is 4.56. The Kier molecular flexibility index (Phi) is 4.21. The van der Waals surface area contributed by atoms with Crippen molar-refractivity contribution < 1.29 is 14.3 Å². The number of nitrogens with zero attached hydrogens (tertiary/aromatic N) is 4. The maximum Gasteiger partial charge on any atom is 0.289 e. The number of furan rings is 1. The number of aromatic nitrogens is 3. The Bertz CT molecular complexity index is 734. The first-order chi connectivity index (χ1) is 11.3. The molecule has 2 aromatic heterocycles. The summed E-state index contributed by atoms with van der Waals surface area (Å²) in [6.07, 6.45) is 3.73. The second-order valence-electron chi connectivity index (χ2n) is 7.05.